The maximum Gasteiger partial charge on any atom is 0.336 e. The second kappa shape index (κ2) is 11.1. The number of dihydropyridines is 1. The van der Waals surface area contributed by atoms with Crippen LogP contribution in [-0.4, -0.2) is 30.0 Å². The van der Waals surface area contributed by atoms with Gasteiger partial charge < -0.3 is 15.8 Å². The third kappa shape index (κ3) is 5.62. The molecule has 1 aromatic carbocycles. The third-order valence-corrected chi connectivity index (χ3v) is 4.76. The van der Waals surface area contributed by atoms with Crippen LogP contribution in [0.15, 0.2) is 51.9 Å². The highest BCUT2D eigenvalue weighted by atomic mass is 16.6. The molecular formula is C20H21N7O5. The summed E-state index contributed by atoms with van der Waals surface area (Å²) in [6.45, 7) is 1.67. The van der Waals surface area contributed by atoms with Crippen molar-refractivity contribution in [3.63, 3.8) is 0 Å². The SMILES string of the molecule is CC1=C(C(N)=O)C(c2ccc([N+](=O)[O-])cc2)C(C(=O)OCCC#N)=C(CCCN=[N+]=[N-])N1. The molecule has 1 aliphatic heterocycles. The van der Waals surface area contributed by atoms with Crippen molar-refractivity contribution < 1.29 is 19.2 Å². The minimum absolute atomic E-state index is 0.0155. The van der Waals surface area contributed by atoms with Gasteiger partial charge in [-0.05, 0) is 30.9 Å². The van der Waals surface area contributed by atoms with Gasteiger partial charge in [0.15, 0.2) is 0 Å². The molecule has 0 fully saturated rings. The van der Waals surface area contributed by atoms with Crippen LogP contribution >= 0.6 is 0 Å². The Morgan fingerprint density at radius 2 is 2.06 bits per heavy atom. The number of nitro benzene ring substituents is 1. The fourth-order valence-corrected chi connectivity index (χ4v) is 3.42. The number of primary amides is 1. The zero-order valence-electron chi connectivity index (χ0n) is 17.3. The summed E-state index contributed by atoms with van der Waals surface area (Å²) >= 11 is 0. The van der Waals surface area contributed by atoms with E-state index in [0.717, 1.165) is 0 Å². The zero-order chi connectivity index (χ0) is 23.7. The number of amides is 1. The molecular weight excluding hydrogens is 418 g/mol. The van der Waals surface area contributed by atoms with Gasteiger partial charge in [-0.3, -0.25) is 14.9 Å². The quantitative estimate of drug-likeness (QED) is 0.106. The number of benzene rings is 1. The van der Waals surface area contributed by atoms with E-state index in [1.54, 1.807) is 6.92 Å². The van der Waals surface area contributed by atoms with Crippen molar-refractivity contribution in [2.45, 2.75) is 32.1 Å². The van der Waals surface area contributed by atoms with E-state index in [9.17, 15) is 19.7 Å². The van der Waals surface area contributed by atoms with Crippen molar-refractivity contribution in [3.05, 3.63) is 72.9 Å². The lowest BCUT2D eigenvalue weighted by Gasteiger charge is -2.31. The first-order valence-corrected chi connectivity index (χ1v) is 9.61. The molecule has 0 bridgehead atoms. The number of nitriles is 1. The Morgan fingerprint density at radius 3 is 2.62 bits per heavy atom. The largest absolute Gasteiger partial charge is 0.461 e. The van der Waals surface area contributed by atoms with Gasteiger partial charge in [-0.1, -0.05) is 17.2 Å². The summed E-state index contributed by atoms with van der Waals surface area (Å²) in [6, 6.07) is 7.31. The van der Waals surface area contributed by atoms with Crippen LogP contribution in [0.2, 0.25) is 0 Å². The summed E-state index contributed by atoms with van der Waals surface area (Å²) in [5.41, 5.74) is 15.5. The second-order valence-corrected chi connectivity index (χ2v) is 6.80. The monoisotopic (exact) mass is 439 g/mol. The van der Waals surface area contributed by atoms with Crippen molar-refractivity contribution >= 4 is 17.6 Å². The van der Waals surface area contributed by atoms with Gasteiger partial charge in [0, 0.05) is 40.6 Å². The number of nitro groups is 1. The van der Waals surface area contributed by atoms with Crippen LogP contribution in [0.1, 0.15) is 37.7 Å². The molecule has 0 aromatic heterocycles. The maximum absolute atomic E-state index is 13.0. The Labute approximate surface area is 183 Å². The Balaban J connectivity index is 2.60. The number of non-ortho nitro benzene ring substituents is 1. The van der Waals surface area contributed by atoms with Crippen LogP contribution in [0, 0.1) is 21.4 Å². The molecule has 1 amide bonds. The van der Waals surface area contributed by atoms with E-state index in [4.69, 9.17) is 21.3 Å². The van der Waals surface area contributed by atoms with Crippen LogP contribution < -0.4 is 11.1 Å². The molecule has 0 saturated heterocycles. The van der Waals surface area contributed by atoms with Crippen molar-refractivity contribution in [1.29, 1.82) is 5.26 Å². The molecule has 2 rings (SSSR count). The first-order chi connectivity index (χ1) is 15.3. The van der Waals surface area contributed by atoms with Gasteiger partial charge in [0.2, 0.25) is 5.91 Å². The topological polar surface area (TPSA) is 197 Å². The Kier molecular flexibility index (Phi) is 8.33. The molecule has 12 heteroatoms. The van der Waals surface area contributed by atoms with E-state index >= 15 is 0 Å². The molecule has 0 spiro atoms. The normalized spacial score (nSPS) is 15.3. The molecule has 3 N–H and O–H groups in total. The highest BCUT2D eigenvalue weighted by Crippen LogP contribution is 2.40. The van der Waals surface area contributed by atoms with Gasteiger partial charge in [0.05, 0.1) is 28.9 Å². The predicted molar refractivity (Wildman–Crippen MR) is 112 cm³/mol. The summed E-state index contributed by atoms with van der Waals surface area (Å²) in [6.07, 6.45) is 0.695. The average molecular weight is 439 g/mol. The Bertz CT molecular complexity index is 1060. The molecule has 0 radical (unpaired) electrons. The third-order valence-electron chi connectivity index (χ3n) is 4.76. The van der Waals surface area contributed by atoms with Crippen LogP contribution in [0.25, 0.3) is 10.4 Å². The summed E-state index contributed by atoms with van der Waals surface area (Å²) < 4.78 is 5.23. The van der Waals surface area contributed by atoms with Crippen molar-refractivity contribution in [1.82, 2.24) is 5.32 Å². The summed E-state index contributed by atoms with van der Waals surface area (Å²) in [5.74, 6) is -2.45. The predicted octanol–water partition coefficient (Wildman–Crippen LogP) is 2.84. The molecule has 1 atom stereocenters. The van der Waals surface area contributed by atoms with E-state index in [0.29, 0.717) is 29.8 Å². The van der Waals surface area contributed by atoms with Crippen LogP contribution in [0.4, 0.5) is 5.69 Å². The molecule has 1 heterocycles. The number of carbonyl (C=O) groups excluding carboxylic acids is 2. The number of ether oxygens (including phenoxy) is 1. The fourth-order valence-electron chi connectivity index (χ4n) is 3.42. The lowest BCUT2D eigenvalue weighted by atomic mass is 9.79. The molecule has 0 saturated carbocycles. The number of allylic oxidation sites excluding steroid dienone is 2. The van der Waals surface area contributed by atoms with E-state index in [2.05, 4.69) is 15.3 Å². The minimum Gasteiger partial charge on any atom is -0.461 e. The van der Waals surface area contributed by atoms with Crippen LogP contribution in [0.5, 0.6) is 0 Å². The first kappa shape index (κ1) is 23.9. The molecule has 1 unspecified atom stereocenters. The lowest BCUT2D eigenvalue weighted by Crippen LogP contribution is -2.35. The molecule has 0 aliphatic carbocycles. The lowest BCUT2D eigenvalue weighted by molar-refractivity contribution is -0.384. The number of nitrogens with zero attached hydrogens (tertiary/aromatic N) is 5. The minimum atomic E-state index is -0.932. The van der Waals surface area contributed by atoms with E-state index in [1.807, 2.05) is 6.07 Å². The number of hydrogen-bond acceptors (Lipinski definition) is 8. The first-order valence-electron chi connectivity index (χ1n) is 9.61. The average Bonchev–Trinajstić information content (AvgIpc) is 2.76. The van der Waals surface area contributed by atoms with E-state index < -0.39 is 22.7 Å². The van der Waals surface area contributed by atoms with Gasteiger partial charge >= 0.3 is 5.97 Å². The van der Waals surface area contributed by atoms with E-state index in [1.165, 1.54) is 24.3 Å². The summed E-state index contributed by atoms with van der Waals surface area (Å²) in [7, 11) is 0. The van der Waals surface area contributed by atoms with Gasteiger partial charge in [-0.25, -0.2) is 4.79 Å². The van der Waals surface area contributed by atoms with Gasteiger partial charge in [0.25, 0.3) is 5.69 Å². The number of carbonyl (C=O) groups is 2. The number of azide groups is 1. The number of hydrogen-bond donors (Lipinski definition) is 2. The zero-order valence-corrected chi connectivity index (χ0v) is 17.3. The molecule has 12 nitrogen and oxygen atoms in total. The van der Waals surface area contributed by atoms with Crippen LogP contribution in [0.3, 0.4) is 0 Å². The molecule has 32 heavy (non-hydrogen) atoms. The highest BCUT2D eigenvalue weighted by molar-refractivity contribution is 6.01. The van der Waals surface area contributed by atoms with Crippen molar-refractivity contribution in [2.24, 2.45) is 10.8 Å². The Hall–Kier alpha value is -4.36. The van der Waals surface area contributed by atoms with Crippen molar-refractivity contribution in [3.8, 4) is 6.07 Å². The number of nitrogens with one attached hydrogen (secondary N) is 1. The number of esters is 1. The van der Waals surface area contributed by atoms with E-state index in [-0.39, 0.29) is 36.4 Å². The number of nitrogens with two attached hydrogens (primary N) is 1. The second-order valence-electron chi connectivity index (χ2n) is 6.80. The van der Waals surface area contributed by atoms with Gasteiger partial charge in [0.1, 0.15) is 6.61 Å². The molecule has 1 aromatic rings. The van der Waals surface area contributed by atoms with Gasteiger partial charge in [-0.15, -0.1) is 0 Å². The molecule has 1 aliphatic rings. The highest BCUT2D eigenvalue weighted by Gasteiger charge is 2.37. The van der Waals surface area contributed by atoms with Crippen molar-refractivity contribution in [2.75, 3.05) is 13.2 Å². The van der Waals surface area contributed by atoms with Crippen LogP contribution in [-0.2, 0) is 14.3 Å². The smallest absolute Gasteiger partial charge is 0.336 e. The Morgan fingerprint density at radius 1 is 1.38 bits per heavy atom. The molecule has 166 valence electrons. The number of rotatable bonds is 10. The summed E-state index contributed by atoms with van der Waals surface area (Å²) in [5, 5.41) is 26.3. The van der Waals surface area contributed by atoms with Gasteiger partial charge in [-0.2, -0.15) is 5.26 Å². The maximum atomic E-state index is 13.0. The fraction of sp³-hybridized carbons (Fsp3) is 0.350. The standard InChI is InChI=1S/C20H21N7O5/c1-12-16(19(22)28)17(13-5-7-14(8-6-13)27(30)31)18(20(29)32-11-3-9-21)15(25-12)4-2-10-24-26-23/h5-8,17,25H,2-4,10-11H2,1H3,(H2,22,28). The summed E-state index contributed by atoms with van der Waals surface area (Å²) in [4.78, 5) is 38.5.